The predicted molar refractivity (Wildman–Crippen MR) is 80.8 cm³/mol. The molecule has 3 rings (SSSR count). The van der Waals surface area contributed by atoms with E-state index in [4.69, 9.17) is 4.74 Å². The number of hydrogen-bond acceptors (Lipinski definition) is 3. The molecule has 0 amide bonds. The molecule has 3 nitrogen and oxygen atoms in total. The van der Waals surface area contributed by atoms with Gasteiger partial charge in [0, 0.05) is 10.5 Å². The van der Waals surface area contributed by atoms with Crippen molar-refractivity contribution in [1.29, 1.82) is 0 Å². The average Bonchev–Trinajstić information content (AvgIpc) is 2.51. The quantitative estimate of drug-likeness (QED) is 0.863. The molecule has 2 aromatic carbocycles. The third-order valence-electron chi connectivity index (χ3n) is 3.74. The zero-order valence-electron chi connectivity index (χ0n) is 11.5. The molecule has 0 saturated heterocycles. The third kappa shape index (κ3) is 2.20. The molecule has 20 heavy (non-hydrogen) atoms. The van der Waals surface area contributed by atoms with Gasteiger partial charge in [-0.1, -0.05) is 42.1 Å². The first-order valence-electron chi connectivity index (χ1n) is 6.64. The Morgan fingerprint density at radius 2 is 1.70 bits per heavy atom. The van der Waals surface area contributed by atoms with E-state index >= 15 is 0 Å². The fourth-order valence-corrected chi connectivity index (χ4v) is 4.04. The maximum absolute atomic E-state index is 12.7. The summed E-state index contributed by atoms with van der Waals surface area (Å²) in [6.45, 7) is 1.99. The van der Waals surface area contributed by atoms with Crippen LogP contribution in [0.4, 0.5) is 0 Å². The minimum atomic E-state index is -0.184. The maximum atomic E-state index is 12.7. The summed E-state index contributed by atoms with van der Waals surface area (Å²) in [7, 11) is 1.65. The molecular formula is C16H17NO2S. The molecule has 3 unspecified atom stereocenters. The molecule has 1 aliphatic rings. The van der Waals surface area contributed by atoms with Gasteiger partial charge in [-0.15, -0.1) is 0 Å². The summed E-state index contributed by atoms with van der Waals surface area (Å²) in [5, 5.41) is 12.7. The van der Waals surface area contributed by atoms with Crippen LogP contribution in [0.1, 0.15) is 29.5 Å². The van der Waals surface area contributed by atoms with Crippen LogP contribution in [0.2, 0.25) is 0 Å². The Kier molecular flexibility index (Phi) is 3.70. The van der Waals surface area contributed by atoms with Crippen molar-refractivity contribution in [2.24, 2.45) is 0 Å². The molecular weight excluding hydrogens is 270 g/mol. The van der Waals surface area contributed by atoms with Crippen LogP contribution >= 0.6 is 11.8 Å². The second-order valence-electron chi connectivity index (χ2n) is 4.90. The summed E-state index contributed by atoms with van der Waals surface area (Å²) in [5.74, 6) is 0.782. The zero-order chi connectivity index (χ0) is 14.1. The van der Waals surface area contributed by atoms with E-state index in [1.54, 1.807) is 18.9 Å². The standard InChI is InChI=1S/C16H17NO2S/c1-11-12-7-4-6-10-15(12)20-16(17(11)18)13-8-3-5-9-14(13)19-2/h3-11,16-17H,1-2H3. The van der Waals surface area contributed by atoms with E-state index in [2.05, 4.69) is 6.07 Å². The number of benzene rings is 2. The molecule has 0 fully saturated rings. The van der Waals surface area contributed by atoms with Crippen LogP contribution in [0, 0.1) is 5.21 Å². The lowest BCUT2D eigenvalue weighted by molar-refractivity contribution is -0.897. The molecule has 2 aromatic rings. The summed E-state index contributed by atoms with van der Waals surface area (Å²) in [5.41, 5.74) is 2.10. The topological polar surface area (TPSA) is 36.7 Å². The number of nitrogens with one attached hydrogen (secondary N) is 1. The number of methoxy groups -OCH3 is 1. The van der Waals surface area contributed by atoms with Crippen molar-refractivity contribution in [1.82, 2.24) is 0 Å². The molecule has 1 heterocycles. The fraction of sp³-hybridized carbons (Fsp3) is 0.250. The van der Waals surface area contributed by atoms with Gasteiger partial charge in [0.2, 0.25) is 0 Å². The zero-order valence-corrected chi connectivity index (χ0v) is 12.3. The van der Waals surface area contributed by atoms with Crippen molar-refractivity contribution in [3.63, 3.8) is 0 Å². The Morgan fingerprint density at radius 3 is 2.45 bits per heavy atom. The number of ether oxygens (including phenoxy) is 1. The number of fused-ring (bicyclic) bond motifs is 1. The fourth-order valence-electron chi connectivity index (χ4n) is 2.61. The van der Waals surface area contributed by atoms with Gasteiger partial charge in [0.1, 0.15) is 11.8 Å². The Balaban J connectivity index is 2.04. The lowest BCUT2D eigenvalue weighted by Crippen LogP contribution is -3.07. The van der Waals surface area contributed by atoms with Gasteiger partial charge in [-0.25, -0.2) is 0 Å². The normalized spacial score (nSPS) is 25.1. The van der Waals surface area contributed by atoms with Gasteiger partial charge in [0.15, 0.2) is 5.37 Å². The number of thioether (sulfide) groups is 1. The van der Waals surface area contributed by atoms with Crippen LogP contribution in [-0.4, -0.2) is 7.11 Å². The molecule has 3 atom stereocenters. The van der Waals surface area contributed by atoms with Crippen molar-refractivity contribution in [3.8, 4) is 5.75 Å². The second kappa shape index (κ2) is 5.48. The Hall–Kier alpha value is -1.49. The first-order valence-corrected chi connectivity index (χ1v) is 7.52. The Bertz CT molecular complexity index is 617. The molecule has 0 aromatic heterocycles. The number of para-hydroxylation sites is 1. The summed E-state index contributed by atoms with van der Waals surface area (Å²) >= 11 is 1.62. The van der Waals surface area contributed by atoms with Crippen LogP contribution in [0.15, 0.2) is 53.4 Å². The van der Waals surface area contributed by atoms with Crippen molar-refractivity contribution < 1.29 is 9.80 Å². The highest BCUT2D eigenvalue weighted by Crippen LogP contribution is 2.41. The third-order valence-corrected chi connectivity index (χ3v) is 5.08. The summed E-state index contributed by atoms with van der Waals surface area (Å²) in [4.78, 5) is 1.19. The highest BCUT2D eigenvalue weighted by Gasteiger charge is 2.33. The van der Waals surface area contributed by atoms with Gasteiger partial charge >= 0.3 is 0 Å². The summed E-state index contributed by atoms with van der Waals surface area (Å²) in [6, 6.07) is 15.9. The van der Waals surface area contributed by atoms with Gasteiger partial charge in [-0.2, -0.15) is 0 Å². The van der Waals surface area contributed by atoms with E-state index in [9.17, 15) is 5.21 Å². The number of hydroxylamine groups is 2. The second-order valence-corrected chi connectivity index (χ2v) is 6.05. The maximum Gasteiger partial charge on any atom is 0.168 e. The molecule has 0 radical (unpaired) electrons. The first-order chi connectivity index (χ1) is 9.72. The van der Waals surface area contributed by atoms with E-state index in [1.807, 2.05) is 49.4 Å². The minimum absolute atomic E-state index is 0.0673. The van der Waals surface area contributed by atoms with E-state index in [0.29, 0.717) is 0 Å². The van der Waals surface area contributed by atoms with Crippen molar-refractivity contribution in [2.45, 2.75) is 23.2 Å². The molecule has 0 aliphatic carbocycles. The summed E-state index contributed by atoms with van der Waals surface area (Å²) < 4.78 is 5.40. The SMILES string of the molecule is COc1ccccc1C1Sc2ccccc2C(C)[NH+]1[O-]. The van der Waals surface area contributed by atoms with E-state index < -0.39 is 0 Å². The van der Waals surface area contributed by atoms with Gasteiger partial charge in [-0.05, 0) is 25.1 Å². The largest absolute Gasteiger partial charge is 0.633 e. The van der Waals surface area contributed by atoms with Crippen molar-refractivity contribution in [2.75, 3.05) is 7.11 Å². The van der Waals surface area contributed by atoms with Crippen LogP contribution in [0.25, 0.3) is 0 Å². The predicted octanol–water partition coefficient (Wildman–Crippen LogP) is 2.94. The van der Waals surface area contributed by atoms with E-state index in [0.717, 1.165) is 16.9 Å². The van der Waals surface area contributed by atoms with Crippen LogP contribution < -0.4 is 9.80 Å². The number of quaternary nitrogens is 1. The van der Waals surface area contributed by atoms with Gasteiger partial charge in [0.25, 0.3) is 0 Å². The number of rotatable bonds is 2. The minimum Gasteiger partial charge on any atom is -0.633 e. The number of hydrogen-bond donors (Lipinski definition) is 1. The summed E-state index contributed by atoms with van der Waals surface area (Å²) in [6.07, 6.45) is 0. The van der Waals surface area contributed by atoms with Gasteiger partial charge in [-0.3, -0.25) is 0 Å². The van der Waals surface area contributed by atoms with Crippen molar-refractivity contribution >= 4 is 11.8 Å². The highest BCUT2D eigenvalue weighted by atomic mass is 32.2. The Labute approximate surface area is 123 Å². The van der Waals surface area contributed by atoms with Gasteiger partial charge < -0.3 is 15.0 Å². The van der Waals surface area contributed by atoms with Crippen LogP contribution in [0.5, 0.6) is 5.75 Å². The van der Waals surface area contributed by atoms with Crippen LogP contribution in [-0.2, 0) is 0 Å². The van der Waals surface area contributed by atoms with E-state index in [1.165, 1.54) is 4.90 Å². The molecule has 1 N–H and O–H groups in total. The highest BCUT2D eigenvalue weighted by molar-refractivity contribution is 7.99. The van der Waals surface area contributed by atoms with E-state index in [-0.39, 0.29) is 16.5 Å². The molecule has 1 aliphatic heterocycles. The van der Waals surface area contributed by atoms with Crippen molar-refractivity contribution in [3.05, 3.63) is 64.9 Å². The average molecular weight is 287 g/mol. The molecule has 0 bridgehead atoms. The monoisotopic (exact) mass is 287 g/mol. The molecule has 104 valence electrons. The smallest absolute Gasteiger partial charge is 0.168 e. The molecule has 0 spiro atoms. The Morgan fingerprint density at radius 1 is 1.05 bits per heavy atom. The van der Waals surface area contributed by atoms with Gasteiger partial charge in [0.05, 0.1) is 12.7 Å². The van der Waals surface area contributed by atoms with Crippen LogP contribution in [0.3, 0.4) is 0 Å². The lowest BCUT2D eigenvalue weighted by Gasteiger charge is -2.41. The first kappa shape index (κ1) is 13.5. The molecule has 0 saturated carbocycles. The molecule has 4 heteroatoms. The lowest BCUT2D eigenvalue weighted by atomic mass is 10.1.